The van der Waals surface area contributed by atoms with Crippen molar-refractivity contribution in [3.63, 3.8) is 0 Å². The molecule has 11 heavy (non-hydrogen) atoms. The van der Waals surface area contributed by atoms with Crippen LogP contribution in [-0.2, 0) is 35.8 Å². The van der Waals surface area contributed by atoms with Crippen LogP contribution in [0.2, 0.25) is 0 Å². The molecule has 0 rings (SSSR count). The molecule has 0 amide bonds. The van der Waals surface area contributed by atoms with Crippen molar-refractivity contribution in [2.75, 3.05) is 0 Å². The standard InChI is InChI=1S/C5H5F3O2.Zr/c1-3(9)2-4(10)5(6,7)8;/h2H2,1H3;. The second-order valence-electron chi connectivity index (χ2n) is 1.80. The van der Waals surface area contributed by atoms with Gasteiger partial charge in [-0.15, -0.1) is 0 Å². The summed E-state index contributed by atoms with van der Waals surface area (Å²) in [7, 11) is 0. The van der Waals surface area contributed by atoms with E-state index >= 15 is 0 Å². The van der Waals surface area contributed by atoms with Crippen molar-refractivity contribution in [3.05, 3.63) is 0 Å². The van der Waals surface area contributed by atoms with Gasteiger partial charge in [0.2, 0.25) is 5.78 Å². The van der Waals surface area contributed by atoms with E-state index in [1.807, 2.05) is 0 Å². The van der Waals surface area contributed by atoms with Gasteiger partial charge in [-0.2, -0.15) is 13.2 Å². The normalized spacial score (nSPS) is 10.2. The monoisotopic (exact) mass is 244 g/mol. The first-order chi connectivity index (χ1) is 4.34. The van der Waals surface area contributed by atoms with Gasteiger partial charge in [-0.25, -0.2) is 0 Å². The van der Waals surface area contributed by atoms with Gasteiger partial charge in [0.1, 0.15) is 5.78 Å². The Labute approximate surface area is 80.3 Å². The maximum Gasteiger partial charge on any atom is 0.450 e. The van der Waals surface area contributed by atoms with Crippen LogP contribution in [0.1, 0.15) is 13.3 Å². The summed E-state index contributed by atoms with van der Waals surface area (Å²) < 4.78 is 33.9. The Hall–Kier alpha value is 0.0131. The molecule has 0 aromatic carbocycles. The maximum absolute atomic E-state index is 11.3. The summed E-state index contributed by atoms with van der Waals surface area (Å²) in [6.07, 6.45) is -5.92. The van der Waals surface area contributed by atoms with E-state index in [1.165, 1.54) is 0 Å². The average molecular weight is 245 g/mol. The van der Waals surface area contributed by atoms with E-state index in [9.17, 15) is 22.8 Å². The van der Waals surface area contributed by atoms with Gasteiger partial charge < -0.3 is 0 Å². The van der Waals surface area contributed by atoms with E-state index in [-0.39, 0.29) is 26.2 Å². The predicted molar refractivity (Wildman–Crippen MR) is 26.4 cm³/mol. The fraction of sp³-hybridized carbons (Fsp3) is 0.600. The molecule has 62 valence electrons. The van der Waals surface area contributed by atoms with Gasteiger partial charge in [0.05, 0.1) is 6.42 Å². The Morgan fingerprint density at radius 1 is 1.27 bits per heavy atom. The van der Waals surface area contributed by atoms with E-state index < -0.39 is 24.2 Å². The number of Topliss-reactive ketones (excluding diaryl/α,β-unsaturated/α-hetero) is 2. The molecular formula is C5H5F3O2Zr. The minimum atomic E-state index is -4.87. The van der Waals surface area contributed by atoms with Crippen LogP contribution in [0, 0.1) is 0 Å². The molecule has 0 unspecified atom stereocenters. The number of halogens is 3. The number of carbonyl (C=O) groups is 2. The van der Waals surface area contributed by atoms with Crippen molar-refractivity contribution in [1.29, 1.82) is 0 Å². The third kappa shape index (κ3) is 6.41. The molecule has 0 bridgehead atoms. The number of alkyl halides is 3. The molecule has 0 aliphatic heterocycles. The molecular weight excluding hydrogens is 240 g/mol. The predicted octanol–water partition coefficient (Wildman–Crippen LogP) is 1.09. The SMILES string of the molecule is CC(=O)CC(=O)C(F)(F)F.[Zr]. The van der Waals surface area contributed by atoms with Crippen LogP contribution in [-0.4, -0.2) is 17.7 Å². The summed E-state index contributed by atoms with van der Waals surface area (Å²) in [5.41, 5.74) is 0. The Bertz CT molecular complexity index is 164. The second kappa shape index (κ2) is 4.80. The molecule has 0 aromatic heterocycles. The molecule has 6 heteroatoms. The zero-order valence-corrected chi connectivity index (χ0v) is 8.12. The van der Waals surface area contributed by atoms with Gasteiger partial charge in [0, 0.05) is 26.2 Å². The van der Waals surface area contributed by atoms with Crippen molar-refractivity contribution in [2.24, 2.45) is 0 Å². The summed E-state index contributed by atoms with van der Waals surface area (Å²) in [6.45, 7) is 0.934. The molecule has 0 heterocycles. The minimum Gasteiger partial charge on any atom is -0.300 e. The molecule has 0 fully saturated rings. The maximum atomic E-state index is 11.3. The quantitative estimate of drug-likeness (QED) is 0.683. The molecule has 2 nitrogen and oxygen atoms in total. The van der Waals surface area contributed by atoms with E-state index in [0.29, 0.717) is 0 Å². The van der Waals surface area contributed by atoms with E-state index in [1.54, 1.807) is 0 Å². The van der Waals surface area contributed by atoms with Gasteiger partial charge in [-0.05, 0) is 6.92 Å². The van der Waals surface area contributed by atoms with Crippen LogP contribution >= 0.6 is 0 Å². The van der Waals surface area contributed by atoms with Crippen molar-refractivity contribution in [2.45, 2.75) is 19.5 Å². The zero-order chi connectivity index (χ0) is 8.36. The summed E-state index contributed by atoms with van der Waals surface area (Å²) in [4.78, 5) is 19.9. The third-order valence-electron chi connectivity index (χ3n) is 0.726. The molecule has 0 aliphatic rings. The smallest absolute Gasteiger partial charge is 0.300 e. The number of ketones is 2. The van der Waals surface area contributed by atoms with Gasteiger partial charge in [-0.3, -0.25) is 9.59 Å². The second-order valence-corrected chi connectivity index (χ2v) is 1.80. The van der Waals surface area contributed by atoms with Crippen LogP contribution in [0.5, 0.6) is 0 Å². The van der Waals surface area contributed by atoms with Crippen LogP contribution in [0.25, 0.3) is 0 Å². The van der Waals surface area contributed by atoms with E-state index in [4.69, 9.17) is 0 Å². The Kier molecular flexibility index (Phi) is 5.94. The van der Waals surface area contributed by atoms with Crippen molar-refractivity contribution in [1.82, 2.24) is 0 Å². The molecule has 0 spiro atoms. The molecule has 0 aromatic rings. The Balaban J connectivity index is 0. The third-order valence-corrected chi connectivity index (χ3v) is 0.726. The van der Waals surface area contributed by atoms with Gasteiger partial charge >= 0.3 is 6.18 Å². The summed E-state index contributed by atoms with van der Waals surface area (Å²) in [5, 5.41) is 0. The van der Waals surface area contributed by atoms with E-state index in [0.717, 1.165) is 6.92 Å². The van der Waals surface area contributed by atoms with Crippen LogP contribution < -0.4 is 0 Å². The number of hydrogen-bond donors (Lipinski definition) is 0. The summed E-state index contributed by atoms with van der Waals surface area (Å²) in [6, 6.07) is 0. The molecule has 0 N–H and O–H groups in total. The van der Waals surface area contributed by atoms with Crippen LogP contribution in [0.3, 0.4) is 0 Å². The number of hydrogen-bond acceptors (Lipinski definition) is 2. The molecule has 0 atom stereocenters. The fourth-order valence-electron chi connectivity index (χ4n) is 0.326. The summed E-state index contributed by atoms with van der Waals surface area (Å²) >= 11 is 0. The first-order valence-electron chi connectivity index (χ1n) is 2.43. The number of rotatable bonds is 2. The molecule has 0 radical (unpaired) electrons. The van der Waals surface area contributed by atoms with Crippen molar-refractivity contribution in [3.8, 4) is 0 Å². The van der Waals surface area contributed by atoms with Gasteiger partial charge in [-0.1, -0.05) is 0 Å². The first kappa shape index (κ1) is 13.6. The minimum absolute atomic E-state index is 0. The molecule has 0 aliphatic carbocycles. The van der Waals surface area contributed by atoms with Crippen LogP contribution in [0.15, 0.2) is 0 Å². The molecule has 0 saturated heterocycles. The van der Waals surface area contributed by atoms with Crippen LogP contribution in [0.4, 0.5) is 13.2 Å². The first-order valence-corrected chi connectivity index (χ1v) is 2.43. The van der Waals surface area contributed by atoms with Crippen molar-refractivity contribution < 1.29 is 49.0 Å². The zero-order valence-electron chi connectivity index (χ0n) is 5.66. The van der Waals surface area contributed by atoms with Crippen molar-refractivity contribution >= 4 is 11.6 Å². The molecule has 0 saturated carbocycles. The number of carbonyl (C=O) groups excluding carboxylic acids is 2. The van der Waals surface area contributed by atoms with Gasteiger partial charge in [0.25, 0.3) is 0 Å². The topological polar surface area (TPSA) is 34.1 Å². The average Bonchev–Trinajstić information content (AvgIpc) is 1.60. The van der Waals surface area contributed by atoms with Gasteiger partial charge in [0.15, 0.2) is 0 Å². The largest absolute Gasteiger partial charge is 0.450 e. The Morgan fingerprint density at radius 2 is 1.64 bits per heavy atom. The Morgan fingerprint density at radius 3 is 1.73 bits per heavy atom. The fourth-order valence-corrected chi connectivity index (χ4v) is 0.326. The summed E-state index contributed by atoms with van der Waals surface area (Å²) in [5.74, 6) is -2.76. The van der Waals surface area contributed by atoms with E-state index in [2.05, 4.69) is 0 Å².